The molecule has 0 aliphatic rings. The first kappa shape index (κ1) is 87.6. The number of ether oxygens (including phenoxy) is 1. The Morgan fingerprint density at radius 2 is 0.517 bits per heavy atom. The molecule has 3 N–H and O–H groups in total. The molecule has 0 aromatic heterocycles. The fourth-order valence-corrected chi connectivity index (χ4v) is 13.5. The van der Waals surface area contributed by atoms with E-state index in [0.717, 1.165) is 38.5 Å². The molecule has 0 aromatic rings. The number of rotatable bonds is 79. The molecule has 0 heterocycles. The summed E-state index contributed by atoms with van der Waals surface area (Å²) < 4.78 is 5.52. The summed E-state index contributed by atoms with van der Waals surface area (Å²) in [6, 6.07) is -0.622. The van der Waals surface area contributed by atoms with Crippen LogP contribution in [0, 0.1) is 0 Å². The predicted molar refractivity (Wildman–Crippen MR) is 394 cm³/mol. The van der Waals surface area contributed by atoms with Gasteiger partial charge in [-0.05, 0) is 32.1 Å². The number of hydrogen-bond donors (Lipinski definition) is 3. The van der Waals surface area contributed by atoms with Gasteiger partial charge < -0.3 is 20.3 Å². The second kappa shape index (κ2) is 79.0. The van der Waals surface area contributed by atoms with Crippen molar-refractivity contribution in [2.45, 2.75) is 495 Å². The fraction of sp³-hybridized carbons (Fsp3) is 0.952. The molecule has 0 aliphatic carbocycles. The van der Waals surface area contributed by atoms with Crippen molar-refractivity contribution in [1.29, 1.82) is 0 Å². The number of aliphatic hydroxyl groups excluding tert-OH is 2. The Morgan fingerprint density at radius 1 is 0.303 bits per heavy atom. The van der Waals surface area contributed by atoms with Crippen molar-refractivity contribution in [2.24, 2.45) is 0 Å². The van der Waals surface area contributed by atoms with Crippen LogP contribution in [-0.2, 0) is 14.3 Å². The summed E-state index contributed by atoms with van der Waals surface area (Å²) >= 11 is 0. The van der Waals surface area contributed by atoms with Crippen LogP contribution in [0.15, 0.2) is 12.2 Å². The molecule has 0 aromatic carbocycles. The van der Waals surface area contributed by atoms with Gasteiger partial charge in [0.15, 0.2) is 0 Å². The zero-order valence-electron chi connectivity index (χ0n) is 61.0. The highest BCUT2D eigenvalue weighted by Gasteiger charge is 2.18. The number of allylic oxidation sites excluding steroid dienone is 1. The lowest BCUT2D eigenvalue weighted by molar-refractivity contribution is -0.143. The molecule has 6 nitrogen and oxygen atoms in total. The number of esters is 1. The number of carbonyl (C=O) groups excluding carboxylic acids is 2. The third-order valence-corrected chi connectivity index (χ3v) is 19.8. The molecule has 0 fully saturated rings. The highest BCUT2D eigenvalue weighted by atomic mass is 16.5. The third kappa shape index (κ3) is 75.5. The van der Waals surface area contributed by atoms with Crippen LogP contribution in [0.5, 0.6) is 0 Å². The molecule has 0 spiro atoms. The van der Waals surface area contributed by atoms with E-state index in [9.17, 15) is 19.8 Å². The Bertz CT molecular complexity index is 1350. The summed E-state index contributed by atoms with van der Waals surface area (Å²) in [4.78, 5) is 24.6. The van der Waals surface area contributed by atoms with Crippen LogP contribution in [0.3, 0.4) is 0 Å². The van der Waals surface area contributed by atoms with Crippen LogP contribution >= 0.6 is 0 Å². The van der Waals surface area contributed by atoms with Gasteiger partial charge in [-0.15, -0.1) is 0 Å². The maximum atomic E-state index is 12.5. The van der Waals surface area contributed by atoms with Crippen LogP contribution in [0.4, 0.5) is 0 Å². The average molecular weight is 1260 g/mol. The van der Waals surface area contributed by atoms with Crippen molar-refractivity contribution in [3.05, 3.63) is 12.2 Å². The van der Waals surface area contributed by atoms with Crippen molar-refractivity contribution in [1.82, 2.24) is 5.32 Å². The Morgan fingerprint density at radius 3 is 0.764 bits per heavy atom. The molecule has 2 unspecified atom stereocenters. The number of amides is 1. The minimum atomic E-state index is -0.840. The number of aliphatic hydroxyl groups is 2. The molecule has 0 radical (unpaired) electrons. The van der Waals surface area contributed by atoms with Crippen molar-refractivity contribution in [2.75, 3.05) is 13.2 Å². The van der Waals surface area contributed by atoms with Crippen LogP contribution < -0.4 is 5.32 Å². The monoisotopic (exact) mass is 1250 g/mol. The van der Waals surface area contributed by atoms with Crippen LogP contribution in [-0.4, -0.2) is 47.4 Å². The van der Waals surface area contributed by atoms with Gasteiger partial charge in [0.1, 0.15) is 0 Å². The molecule has 0 saturated heterocycles. The van der Waals surface area contributed by atoms with E-state index in [2.05, 4.69) is 19.2 Å². The summed E-state index contributed by atoms with van der Waals surface area (Å²) in [6.07, 6.45) is 101. The molecule has 2 atom stereocenters. The molecule has 530 valence electrons. The molecule has 0 rings (SSSR count). The number of carbonyl (C=O) groups is 2. The zero-order chi connectivity index (χ0) is 64.2. The SMILES string of the molecule is CCCCCCCCCCCCCCCC/C=C/C(O)C(CO)NC(=O)CCCCCCCCCCCCCCCCCCCCCCCCCCCCCCCCCCCCCCCCCOC(=O)CCCCCCCCCCCCCCCCCCC. The molecule has 6 heteroatoms. The smallest absolute Gasteiger partial charge is 0.305 e. The standard InChI is InChI=1S/C83H163NO5/c1-3-5-7-9-11-13-15-17-19-44-49-53-57-61-65-69-73-77-83(88)89-78-74-70-66-62-58-54-50-46-43-41-39-37-35-33-31-29-27-25-23-21-22-24-26-28-30-32-34-36-38-40-42-45-48-52-56-60-64-68-72-76-82(87)84-80(79-85)81(86)75-71-67-63-59-55-51-47-20-18-16-14-12-10-8-6-4-2/h71,75,80-81,85-86H,3-70,72-74,76-79H2,1-2H3,(H,84,87)/b75-71+. The number of unbranched alkanes of at least 4 members (excludes halogenated alkanes) is 68. The lowest BCUT2D eigenvalue weighted by Gasteiger charge is -2.20. The minimum absolute atomic E-state index is 0.0291. The fourth-order valence-electron chi connectivity index (χ4n) is 13.5. The summed E-state index contributed by atoms with van der Waals surface area (Å²) in [5, 5.41) is 23.2. The van der Waals surface area contributed by atoms with Crippen molar-refractivity contribution in [3.8, 4) is 0 Å². The quantitative estimate of drug-likeness (QED) is 0.0320. The van der Waals surface area contributed by atoms with Gasteiger partial charge in [-0.1, -0.05) is 450 Å². The van der Waals surface area contributed by atoms with Crippen molar-refractivity contribution in [3.63, 3.8) is 0 Å². The summed E-state index contributed by atoms with van der Waals surface area (Å²) in [5.74, 6) is -0.0288. The summed E-state index contributed by atoms with van der Waals surface area (Å²) in [7, 11) is 0. The molecule has 0 saturated carbocycles. The van der Waals surface area contributed by atoms with Gasteiger partial charge in [0.2, 0.25) is 5.91 Å². The van der Waals surface area contributed by atoms with Gasteiger partial charge in [0.25, 0.3) is 0 Å². The van der Waals surface area contributed by atoms with Gasteiger partial charge in [0.05, 0.1) is 25.4 Å². The average Bonchev–Trinajstić information content (AvgIpc) is 3.56. The van der Waals surface area contributed by atoms with E-state index in [-0.39, 0.29) is 18.5 Å². The van der Waals surface area contributed by atoms with E-state index in [1.807, 2.05) is 6.08 Å². The van der Waals surface area contributed by atoms with E-state index in [0.29, 0.717) is 19.4 Å². The van der Waals surface area contributed by atoms with E-state index in [4.69, 9.17) is 4.74 Å². The molecule has 89 heavy (non-hydrogen) atoms. The number of nitrogens with one attached hydrogen (secondary N) is 1. The van der Waals surface area contributed by atoms with E-state index < -0.39 is 12.1 Å². The maximum Gasteiger partial charge on any atom is 0.305 e. The summed E-state index contributed by atoms with van der Waals surface area (Å²) in [5.41, 5.74) is 0. The topological polar surface area (TPSA) is 95.9 Å². The zero-order valence-corrected chi connectivity index (χ0v) is 61.0. The highest BCUT2D eigenvalue weighted by Crippen LogP contribution is 2.21. The Kier molecular flexibility index (Phi) is 77.8. The second-order valence-corrected chi connectivity index (χ2v) is 28.8. The van der Waals surface area contributed by atoms with E-state index in [1.165, 1.54) is 417 Å². The van der Waals surface area contributed by atoms with Gasteiger partial charge in [-0.2, -0.15) is 0 Å². The maximum absolute atomic E-state index is 12.5. The van der Waals surface area contributed by atoms with E-state index in [1.54, 1.807) is 6.08 Å². The van der Waals surface area contributed by atoms with Crippen molar-refractivity contribution < 1.29 is 24.5 Å². The lowest BCUT2D eigenvalue weighted by Crippen LogP contribution is -2.45. The first-order valence-electron chi connectivity index (χ1n) is 41.5. The molecule has 0 aliphatic heterocycles. The van der Waals surface area contributed by atoms with Crippen LogP contribution in [0.25, 0.3) is 0 Å². The second-order valence-electron chi connectivity index (χ2n) is 28.8. The molecular formula is C83H163NO5. The number of hydrogen-bond acceptors (Lipinski definition) is 5. The Labute approximate surface area is 559 Å². The van der Waals surface area contributed by atoms with Gasteiger partial charge in [-0.25, -0.2) is 0 Å². The van der Waals surface area contributed by atoms with E-state index >= 15 is 0 Å². The largest absolute Gasteiger partial charge is 0.466 e. The molecule has 1 amide bonds. The van der Waals surface area contributed by atoms with Crippen molar-refractivity contribution >= 4 is 11.9 Å². The minimum Gasteiger partial charge on any atom is -0.466 e. The van der Waals surface area contributed by atoms with Gasteiger partial charge in [-0.3, -0.25) is 9.59 Å². The molecular weight excluding hydrogens is 1090 g/mol. The molecule has 0 bridgehead atoms. The Hall–Kier alpha value is -1.40. The van der Waals surface area contributed by atoms with Gasteiger partial charge >= 0.3 is 5.97 Å². The van der Waals surface area contributed by atoms with Crippen LogP contribution in [0.1, 0.15) is 483 Å². The normalized spacial score (nSPS) is 12.4. The third-order valence-electron chi connectivity index (χ3n) is 19.8. The predicted octanol–water partition coefficient (Wildman–Crippen LogP) is 27.4. The Balaban J connectivity index is 3.28. The van der Waals surface area contributed by atoms with Crippen LogP contribution in [0.2, 0.25) is 0 Å². The first-order chi connectivity index (χ1) is 44.0. The van der Waals surface area contributed by atoms with Gasteiger partial charge in [0, 0.05) is 12.8 Å². The lowest BCUT2D eigenvalue weighted by atomic mass is 10.0. The highest BCUT2D eigenvalue weighted by molar-refractivity contribution is 5.76. The first-order valence-corrected chi connectivity index (χ1v) is 41.5. The summed E-state index contributed by atoms with van der Waals surface area (Å²) in [6.45, 7) is 4.97.